The molecule has 0 aliphatic carbocycles. The van der Waals surface area contributed by atoms with Gasteiger partial charge in [-0.1, -0.05) is 18.6 Å². The first-order chi connectivity index (χ1) is 8.20. The van der Waals surface area contributed by atoms with Crippen LogP contribution in [0.25, 0.3) is 0 Å². The SMILES string of the molecule is O=C1CCCCCN1C(=O)c1ccccc1Br. The fourth-order valence-corrected chi connectivity index (χ4v) is 2.43. The molecule has 1 aliphatic rings. The summed E-state index contributed by atoms with van der Waals surface area (Å²) in [4.78, 5) is 25.5. The molecule has 1 aromatic carbocycles. The van der Waals surface area contributed by atoms with Gasteiger partial charge in [0.25, 0.3) is 5.91 Å². The number of hydrogen-bond acceptors (Lipinski definition) is 2. The van der Waals surface area contributed by atoms with Crippen LogP contribution in [0.3, 0.4) is 0 Å². The highest BCUT2D eigenvalue weighted by Crippen LogP contribution is 2.20. The van der Waals surface area contributed by atoms with Crippen LogP contribution in [0.15, 0.2) is 28.7 Å². The second kappa shape index (κ2) is 5.45. The molecule has 3 nitrogen and oxygen atoms in total. The van der Waals surface area contributed by atoms with Crippen molar-refractivity contribution in [3.63, 3.8) is 0 Å². The van der Waals surface area contributed by atoms with E-state index in [0.717, 1.165) is 23.7 Å². The summed E-state index contributed by atoms with van der Waals surface area (Å²) < 4.78 is 0.738. The molecule has 0 N–H and O–H groups in total. The zero-order valence-electron chi connectivity index (χ0n) is 9.49. The molecule has 17 heavy (non-hydrogen) atoms. The van der Waals surface area contributed by atoms with E-state index in [1.807, 2.05) is 12.1 Å². The number of rotatable bonds is 1. The molecular formula is C13H14BrNO2. The van der Waals surface area contributed by atoms with Crippen molar-refractivity contribution in [2.24, 2.45) is 0 Å². The molecule has 2 rings (SSSR count). The molecule has 2 amide bonds. The fraction of sp³-hybridized carbons (Fsp3) is 0.385. The fourth-order valence-electron chi connectivity index (χ4n) is 1.98. The molecule has 0 atom stereocenters. The Morgan fingerprint density at radius 2 is 1.94 bits per heavy atom. The average Bonchev–Trinajstić information content (AvgIpc) is 2.54. The van der Waals surface area contributed by atoms with Gasteiger partial charge in [0, 0.05) is 17.4 Å². The number of likely N-dealkylation sites (tertiary alicyclic amines) is 1. The zero-order chi connectivity index (χ0) is 12.3. The number of carbonyl (C=O) groups excluding carboxylic acids is 2. The monoisotopic (exact) mass is 295 g/mol. The normalized spacial score (nSPS) is 16.8. The lowest BCUT2D eigenvalue weighted by Gasteiger charge is -2.19. The van der Waals surface area contributed by atoms with E-state index in [1.54, 1.807) is 12.1 Å². The van der Waals surface area contributed by atoms with E-state index in [4.69, 9.17) is 0 Å². The maximum absolute atomic E-state index is 12.3. The van der Waals surface area contributed by atoms with Crippen LogP contribution in [0.4, 0.5) is 0 Å². The third-order valence-electron chi connectivity index (χ3n) is 2.92. The van der Waals surface area contributed by atoms with Crippen molar-refractivity contribution in [1.29, 1.82) is 0 Å². The quantitative estimate of drug-likeness (QED) is 0.747. The molecule has 0 aromatic heterocycles. The number of hydrogen-bond donors (Lipinski definition) is 0. The third-order valence-corrected chi connectivity index (χ3v) is 3.61. The van der Waals surface area contributed by atoms with Crippen molar-refractivity contribution in [1.82, 2.24) is 4.90 Å². The highest BCUT2D eigenvalue weighted by atomic mass is 79.9. The van der Waals surface area contributed by atoms with Crippen molar-refractivity contribution in [2.45, 2.75) is 25.7 Å². The van der Waals surface area contributed by atoms with Gasteiger partial charge < -0.3 is 0 Å². The Bertz CT molecular complexity index is 445. The lowest BCUT2D eigenvalue weighted by molar-refractivity contribution is -0.128. The molecular weight excluding hydrogens is 282 g/mol. The van der Waals surface area contributed by atoms with Gasteiger partial charge in [-0.2, -0.15) is 0 Å². The summed E-state index contributed by atoms with van der Waals surface area (Å²) in [6, 6.07) is 7.21. The molecule has 0 spiro atoms. The number of halogens is 1. The van der Waals surface area contributed by atoms with Gasteiger partial charge in [0.1, 0.15) is 0 Å². The number of amides is 2. The predicted molar refractivity (Wildman–Crippen MR) is 68.7 cm³/mol. The van der Waals surface area contributed by atoms with E-state index < -0.39 is 0 Å². The number of nitrogens with zero attached hydrogens (tertiary/aromatic N) is 1. The molecule has 0 saturated carbocycles. The van der Waals surface area contributed by atoms with Crippen LogP contribution >= 0.6 is 15.9 Å². The number of carbonyl (C=O) groups is 2. The van der Waals surface area contributed by atoms with Gasteiger partial charge in [-0.25, -0.2) is 0 Å². The van der Waals surface area contributed by atoms with Crippen molar-refractivity contribution < 1.29 is 9.59 Å². The van der Waals surface area contributed by atoms with Crippen LogP contribution in [0.2, 0.25) is 0 Å². The summed E-state index contributed by atoms with van der Waals surface area (Å²) in [6.07, 6.45) is 3.29. The zero-order valence-corrected chi connectivity index (χ0v) is 11.1. The molecule has 4 heteroatoms. The summed E-state index contributed by atoms with van der Waals surface area (Å²) in [5.74, 6) is -0.243. The Morgan fingerprint density at radius 3 is 2.71 bits per heavy atom. The van der Waals surface area contributed by atoms with Gasteiger partial charge >= 0.3 is 0 Å². The first-order valence-electron chi connectivity index (χ1n) is 5.79. The predicted octanol–water partition coefficient (Wildman–Crippen LogP) is 2.99. The van der Waals surface area contributed by atoms with Crippen molar-refractivity contribution in [3.8, 4) is 0 Å². The standard InChI is InChI=1S/C13H14BrNO2/c14-11-7-4-3-6-10(11)13(17)15-9-5-1-2-8-12(15)16/h3-4,6-7H,1-2,5,8-9H2. The smallest absolute Gasteiger partial charge is 0.261 e. The second-order valence-electron chi connectivity index (χ2n) is 4.14. The third kappa shape index (κ3) is 2.75. The van der Waals surface area contributed by atoms with E-state index in [9.17, 15) is 9.59 Å². The Morgan fingerprint density at radius 1 is 1.18 bits per heavy atom. The van der Waals surface area contributed by atoms with Crippen molar-refractivity contribution in [2.75, 3.05) is 6.54 Å². The van der Waals surface area contributed by atoms with Crippen LogP contribution in [0.1, 0.15) is 36.0 Å². The van der Waals surface area contributed by atoms with Crippen LogP contribution in [-0.4, -0.2) is 23.3 Å². The van der Waals surface area contributed by atoms with Gasteiger partial charge in [-0.15, -0.1) is 0 Å². The topological polar surface area (TPSA) is 37.4 Å². The molecule has 1 saturated heterocycles. The maximum atomic E-state index is 12.3. The Balaban J connectivity index is 2.24. The van der Waals surface area contributed by atoms with Crippen LogP contribution in [0.5, 0.6) is 0 Å². The highest BCUT2D eigenvalue weighted by Gasteiger charge is 2.25. The average molecular weight is 296 g/mol. The maximum Gasteiger partial charge on any atom is 0.261 e. The van der Waals surface area contributed by atoms with E-state index in [0.29, 0.717) is 18.5 Å². The summed E-state index contributed by atoms with van der Waals surface area (Å²) >= 11 is 3.34. The van der Waals surface area contributed by atoms with Gasteiger partial charge in [-0.05, 0) is 40.9 Å². The first-order valence-corrected chi connectivity index (χ1v) is 6.58. The van der Waals surface area contributed by atoms with Crippen LogP contribution in [-0.2, 0) is 4.79 Å². The molecule has 1 aromatic rings. The van der Waals surface area contributed by atoms with Gasteiger partial charge in [-0.3, -0.25) is 14.5 Å². The summed E-state index contributed by atoms with van der Waals surface area (Å²) in [6.45, 7) is 0.541. The van der Waals surface area contributed by atoms with Gasteiger partial charge in [0.2, 0.25) is 5.91 Å². The summed E-state index contributed by atoms with van der Waals surface area (Å²) in [5.41, 5.74) is 0.558. The second-order valence-corrected chi connectivity index (χ2v) is 5.00. The molecule has 1 aliphatic heterocycles. The van der Waals surface area contributed by atoms with E-state index in [2.05, 4.69) is 15.9 Å². The van der Waals surface area contributed by atoms with Gasteiger partial charge in [0.05, 0.1) is 5.56 Å². The molecule has 1 heterocycles. The van der Waals surface area contributed by atoms with Crippen molar-refractivity contribution in [3.05, 3.63) is 34.3 Å². The molecule has 0 unspecified atom stereocenters. The number of benzene rings is 1. The Hall–Kier alpha value is -1.16. The molecule has 1 fully saturated rings. The van der Waals surface area contributed by atoms with E-state index in [-0.39, 0.29) is 11.8 Å². The van der Waals surface area contributed by atoms with Crippen molar-refractivity contribution >= 4 is 27.7 Å². The van der Waals surface area contributed by atoms with Crippen LogP contribution < -0.4 is 0 Å². The molecule has 90 valence electrons. The number of imide groups is 1. The minimum absolute atomic E-state index is 0.0525. The summed E-state index contributed by atoms with van der Waals surface area (Å²) in [7, 11) is 0. The lowest BCUT2D eigenvalue weighted by Crippen LogP contribution is -2.36. The largest absolute Gasteiger partial charge is 0.278 e. The Labute approximate surface area is 109 Å². The molecule has 0 bridgehead atoms. The van der Waals surface area contributed by atoms with Crippen LogP contribution in [0, 0.1) is 0 Å². The first kappa shape index (κ1) is 12.3. The minimum Gasteiger partial charge on any atom is -0.278 e. The molecule has 0 radical (unpaired) electrons. The van der Waals surface area contributed by atoms with E-state index in [1.165, 1.54) is 4.90 Å². The lowest BCUT2D eigenvalue weighted by atomic mass is 10.2. The summed E-state index contributed by atoms with van der Waals surface area (Å²) in [5, 5.41) is 0. The van der Waals surface area contributed by atoms with E-state index >= 15 is 0 Å². The Kier molecular flexibility index (Phi) is 3.94. The van der Waals surface area contributed by atoms with Gasteiger partial charge in [0.15, 0.2) is 0 Å². The minimum atomic E-state index is -0.190. The highest BCUT2D eigenvalue weighted by molar-refractivity contribution is 9.10.